The first-order valence-electron chi connectivity index (χ1n) is 8.88. The molecular weight excluding hydrogens is 312 g/mol. The monoisotopic (exact) mass is 344 g/mol. The summed E-state index contributed by atoms with van der Waals surface area (Å²) in [4.78, 5) is 6.75. The van der Waals surface area contributed by atoms with E-state index in [-0.39, 0.29) is 17.5 Å². The van der Waals surface area contributed by atoms with Crippen LogP contribution in [0.1, 0.15) is 39.0 Å². The van der Waals surface area contributed by atoms with Crippen LogP contribution in [-0.4, -0.2) is 70.1 Å². The average Bonchev–Trinajstić information content (AvgIpc) is 2.86. The normalized spacial score (nSPS) is 26.3. The van der Waals surface area contributed by atoms with Gasteiger partial charge in [0.05, 0.1) is 11.5 Å². The fraction of sp³-hybridized carbons (Fsp3) is 0.938. The topological polar surface area (TPSA) is 73.8 Å². The number of hydrogen-bond donors (Lipinski definition) is 2. The minimum Gasteiger partial charge on any atom is -0.356 e. The van der Waals surface area contributed by atoms with Gasteiger partial charge in [-0.2, -0.15) is 0 Å². The molecule has 0 saturated carbocycles. The summed E-state index contributed by atoms with van der Waals surface area (Å²) in [5.74, 6) is 2.12. The van der Waals surface area contributed by atoms with Gasteiger partial charge in [-0.3, -0.25) is 4.99 Å². The van der Waals surface area contributed by atoms with Crippen molar-refractivity contribution in [1.29, 1.82) is 0 Å². The quantitative estimate of drug-likeness (QED) is 0.425. The summed E-state index contributed by atoms with van der Waals surface area (Å²) in [6, 6.07) is 0.00143. The Morgan fingerprint density at radius 2 is 1.96 bits per heavy atom. The number of rotatable bonds is 6. The van der Waals surface area contributed by atoms with Crippen LogP contribution in [0.3, 0.4) is 0 Å². The van der Waals surface area contributed by atoms with E-state index in [0.29, 0.717) is 6.42 Å². The van der Waals surface area contributed by atoms with Gasteiger partial charge < -0.3 is 15.5 Å². The van der Waals surface area contributed by atoms with Gasteiger partial charge in [-0.15, -0.1) is 0 Å². The summed E-state index contributed by atoms with van der Waals surface area (Å²) in [6.07, 6.45) is 5.64. The van der Waals surface area contributed by atoms with Crippen molar-refractivity contribution in [1.82, 2.24) is 15.5 Å². The van der Waals surface area contributed by atoms with Gasteiger partial charge >= 0.3 is 0 Å². The molecule has 1 atom stereocenters. The van der Waals surface area contributed by atoms with E-state index in [1.165, 1.54) is 38.9 Å². The number of guanidine groups is 1. The van der Waals surface area contributed by atoms with Crippen LogP contribution in [0.4, 0.5) is 0 Å². The van der Waals surface area contributed by atoms with Crippen molar-refractivity contribution in [3.8, 4) is 0 Å². The van der Waals surface area contributed by atoms with Crippen LogP contribution < -0.4 is 10.6 Å². The largest absolute Gasteiger partial charge is 0.356 e. The standard InChI is InChI=1S/C16H32N4O2S/c1-14-5-10-20(11-6-14)9-4-3-8-18-16(17-2)19-15-7-12-23(21,22)13-15/h14-15H,3-13H2,1-2H3,(H2,17,18,19). The molecular formula is C16H32N4O2S. The predicted octanol–water partition coefficient (Wildman–Crippen LogP) is 0.851. The molecule has 2 aliphatic rings. The predicted molar refractivity (Wildman–Crippen MR) is 95.6 cm³/mol. The molecule has 0 spiro atoms. The van der Waals surface area contributed by atoms with Crippen LogP contribution in [0.15, 0.2) is 4.99 Å². The average molecular weight is 345 g/mol. The smallest absolute Gasteiger partial charge is 0.191 e. The maximum Gasteiger partial charge on any atom is 0.191 e. The molecule has 2 fully saturated rings. The van der Waals surface area contributed by atoms with E-state index >= 15 is 0 Å². The molecule has 2 rings (SSSR count). The lowest BCUT2D eigenvalue weighted by molar-refractivity contribution is 0.189. The van der Waals surface area contributed by atoms with E-state index in [0.717, 1.165) is 24.8 Å². The number of sulfone groups is 1. The number of nitrogens with one attached hydrogen (secondary N) is 2. The number of piperidine rings is 1. The first kappa shape index (κ1) is 18.5. The van der Waals surface area contributed by atoms with Crippen molar-refractivity contribution in [3.63, 3.8) is 0 Å². The van der Waals surface area contributed by atoms with Gasteiger partial charge in [-0.1, -0.05) is 6.92 Å². The zero-order valence-corrected chi connectivity index (χ0v) is 15.4. The molecule has 0 aliphatic carbocycles. The molecule has 134 valence electrons. The fourth-order valence-corrected chi connectivity index (χ4v) is 4.92. The fourth-order valence-electron chi connectivity index (χ4n) is 3.25. The highest BCUT2D eigenvalue weighted by molar-refractivity contribution is 7.91. The third kappa shape index (κ3) is 6.67. The van der Waals surface area contributed by atoms with E-state index in [4.69, 9.17) is 0 Å². The maximum atomic E-state index is 11.5. The molecule has 0 bridgehead atoms. The molecule has 0 amide bonds. The zero-order chi connectivity index (χ0) is 16.7. The van der Waals surface area contributed by atoms with Crippen LogP contribution in [0.25, 0.3) is 0 Å². The highest BCUT2D eigenvalue weighted by Gasteiger charge is 2.28. The lowest BCUT2D eigenvalue weighted by Gasteiger charge is -2.30. The third-order valence-corrected chi connectivity index (χ3v) is 6.63. The van der Waals surface area contributed by atoms with Crippen LogP contribution >= 0.6 is 0 Å². The minimum atomic E-state index is -2.85. The van der Waals surface area contributed by atoms with Gasteiger partial charge in [0.25, 0.3) is 0 Å². The van der Waals surface area contributed by atoms with Crippen LogP contribution in [0.2, 0.25) is 0 Å². The highest BCUT2D eigenvalue weighted by atomic mass is 32.2. The number of hydrogen-bond acceptors (Lipinski definition) is 4. The van der Waals surface area contributed by atoms with Crippen molar-refractivity contribution in [2.75, 3.05) is 44.7 Å². The van der Waals surface area contributed by atoms with Crippen molar-refractivity contribution in [2.45, 2.75) is 45.1 Å². The van der Waals surface area contributed by atoms with Crippen molar-refractivity contribution in [2.24, 2.45) is 10.9 Å². The summed E-state index contributed by atoms with van der Waals surface area (Å²) in [5.41, 5.74) is 0. The summed E-state index contributed by atoms with van der Waals surface area (Å²) >= 11 is 0. The van der Waals surface area contributed by atoms with Crippen molar-refractivity contribution >= 4 is 15.8 Å². The minimum absolute atomic E-state index is 0.00143. The van der Waals surface area contributed by atoms with Gasteiger partial charge in [0.1, 0.15) is 0 Å². The third-order valence-electron chi connectivity index (χ3n) is 4.87. The van der Waals surface area contributed by atoms with Crippen molar-refractivity contribution in [3.05, 3.63) is 0 Å². The molecule has 2 N–H and O–H groups in total. The number of aliphatic imine (C=N–C) groups is 1. The number of nitrogens with zero attached hydrogens (tertiary/aromatic N) is 2. The molecule has 1 unspecified atom stereocenters. The van der Waals surface area contributed by atoms with E-state index in [2.05, 4.69) is 27.4 Å². The Kier molecular flexibility index (Phi) is 7.14. The molecule has 0 aromatic rings. The Bertz CT molecular complexity index is 484. The molecule has 2 saturated heterocycles. The van der Waals surface area contributed by atoms with Crippen LogP contribution in [-0.2, 0) is 9.84 Å². The van der Waals surface area contributed by atoms with Gasteiger partial charge in [-0.05, 0) is 57.7 Å². The summed E-state index contributed by atoms with van der Waals surface area (Å²) in [7, 11) is -1.12. The summed E-state index contributed by atoms with van der Waals surface area (Å²) < 4.78 is 23.0. The molecule has 23 heavy (non-hydrogen) atoms. The van der Waals surface area contributed by atoms with Crippen molar-refractivity contribution < 1.29 is 8.42 Å². The van der Waals surface area contributed by atoms with Gasteiger partial charge in [0, 0.05) is 19.6 Å². The Labute approximate surface area is 141 Å². The lowest BCUT2D eigenvalue weighted by Crippen LogP contribution is -2.44. The first-order valence-corrected chi connectivity index (χ1v) is 10.7. The van der Waals surface area contributed by atoms with E-state index < -0.39 is 9.84 Å². The number of likely N-dealkylation sites (tertiary alicyclic amines) is 1. The van der Waals surface area contributed by atoms with E-state index in [1.807, 2.05) is 0 Å². The molecule has 6 nitrogen and oxygen atoms in total. The molecule has 0 aromatic carbocycles. The lowest BCUT2D eigenvalue weighted by atomic mass is 9.99. The van der Waals surface area contributed by atoms with Crippen LogP contribution in [0.5, 0.6) is 0 Å². The van der Waals surface area contributed by atoms with Gasteiger partial charge in [0.15, 0.2) is 15.8 Å². The molecule has 7 heteroatoms. The maximum absolute atomic E-state index is 11.5. The molecule has 2 heterocycles. The second-order valence-electron chi connectivity index (χ2n) is 6.97. The highest BCUT2D eigenvalue weighted by Crippen LogP contribution is 2.16. The van der Waals surface area contributed by atoms with Gasteiger partial charge in [0.2, 0.25) is 0 Å². The SMILES string of the molecule is CN=C(NCCCCN1CCC(C)CC1)NC1CCS(=O)(=O)C1. The second-order valence-corrected chi connectivity index (χ2v) is 9.20. The summed E-state index contributed by atoms with van der Waals surface area (Å²) in [5, 5.41) is 6.51. The Morgan fingerprint density at radius 3 is 2.57 bits per heavy atom. The number of unbranched alkanes of at least 4 members (excludes halogenated alkanes) is 1. The van der Waals surface area contributed by atoms with Crippen LogP contribution in [0, 0.1) is 5.92 Å². The Morgan fingerprint density at radius 1 is 1.22 bits per heavy atom. The Balaban J connectivity index is 1.56. The summed E-state index contributed by atoms with van der Waals surface area (Å²) in [6.45, 7) is 6.89. The second kappa shape index (κ2) is 8.87. The first-order chi connectivity index (χ1) is 11.0. The van der Waals surface area contributed by atoms with E-state index in [1.54, 1.807) is 7.05 Å². The Hall–Kier alpha value is -0.820. The van der Waals surface area contributed by atoms with Gasteiger partial charge in [-0.25, -0.2) is 8.42 Å². The molecule has 0 radical (unpaired) electrons. The van der Waals surface area contributed by atoms with E-state index in [9.17, 15) is 8.42 Å². The molecule has 2 aliphatic heterocycles. The zero-order valence-electron chi connectivity index (χ0n) is 14.6. The molecule has 0 aromatic heterocycles.